The molecule has 20 heavy (non-hydrogen) atoms. The van der Waals surface area contributed by atoms with Crippen molar-refractivity contribution in [3.63, 3.8) is 0 Å². The molecule has 0 saturated carbocycles. The molecule has 0 spiro atoms. The normalized spacial score (nSPS) is 10.7. The molecule has 3 aromatic rings. The molecule has 2 aromatic carbocycles. The molecule has 0 aliphatic carbocycles. The summed E-state index contributed by atoms with van der Waals surface area (Å²) in [5, 5.41) is 8.97. The summed E-state index contributed by atoms with van der Waals surface area (Å²) < 4.78 is 2.05. The Hall–Kier alpha value is -2.07. The maximum atomic E-state index is 4.40. The topological polar surface area (TPSA) is 30.7 Å². The van der Waals surface area contributed by atoms with Gasteiger partial charge in [0.25, 0.3) is 0 Å². The highest BCUT2D eigenvalue weighted by atomic mass is 32.1. The van der Waals surface area contributed by atoms with E-state index in [2.05, 4.69) is 47.1 Å². The quantitative estimate of drug-likeness (QED) is 0.742. The first-order chi connectivity index (χ1) is 9.84. The molecule has 1 aromatic heterocycles. The third kappa shape index (κ3) is 2.75. The van der Waals surface area contributed by atoms with Gasteiger partial charge in [0, 0.05) is 12.1 Å². The highest BCUT2D eigenvalue weighted by molar-refractivity contribution is 7.80. The minimum Gasteiger partial charge on any atom is -0.302 e. The van der Waals surface area contributed by atoms with Gasteiger partial charge in [0.2, 0.25) is 0 Å². The largest absolute Gasteiger partial charge is 0.302 e. The van der Waals surface area contributed by atoms with Crippen molar-refractivity contribution in [2.75, 3.05) is 0 Å². The maximum Gasteiger partial charge on any atom is 0.188 e. The van der Waals surface area contributed by atoms with Gasteiger partial charge in [0.05, 0.1) is 0 Å². The molecule has 0 bridgehead atoms. The van der Waals surface area contributed by atoms with Gasteiger partial charge < -0.3 is 4.57 Å². The standard InChI is InChI=1S/C16H15N3S/c20-16-18-17-15(14-9-5-2-6-10-14)19(16)12-11-13-7-3-1-4-8-13/h1-10H,11-12H2,(H,18,20). The Kier molecular flexibility index (Phi) is 3.83. The lowest BCUT2D eigenvalue weighted by atomic mass is 10.1. The molecule has 0 N–H and O–H groups in total. The van der Waals surface area contributed by atoms with Gasteiger partial charge >= 0.3 is 0 Å². The van der Waals surface area contributed by atoms with Gasteiger partial charge in [-0.2, -0.15) is 0 Å². The minimum absolute atomic E-state index is 0.653. The van der Waals surface area contributed by atoms with Crippen LogP contribution in [0.1, 0.15) is 5.56 Å². The molecule has 1 heterocycles. The lowest BCUT2D eigenvalue weighted by Crippen LogP contribution is -2.04. The van der Waals surface area contributed by atoms with Crippen LogP contribution in [-0.4, -0.2) is 14.8 Å². The Morgan fingerprint density at radius 3 is 2.20 bits per heavy atom. The van der Waals surface area contributed by atoms with Gasteiger partial charge in [0.15, 0.2) is 11.0 Å². The van der Waals surface area contributed by atoms with Crippen LogP contribution in [-0.2, 0) is 13.0 Å². The number of rotatable bonds is 4. The Labute approximate surface area is 123 Å². The smallest absolute Gasteiger partial charge is 0.188 e. The van der Waals surface area contributed by atoms with Crippen LogP contribution in [0.4, 0.5) is 0 Å². The summed E-state index contributed by atoms with van der Waals surface area (Å²) >= 11 is 4.40. The first-order valence-corrected chi connectivity index (χ1v) is 7.01. The molecule has 0 saturated heterocycles. The van der Waals surface area contributed by atoms with Gasteiger partial charge in [0.1, 0.15) is 0 Å². The fraction of sp³-hybridized carbons (Fsp3) is 0.125. The zero-order valence-corrected chi connectivity index (χ0v) is 11.9. The molecule has 0 aliphatic heterocycles. The van der Waals surface area contributed by atoms with Gasteiger partial charge in [-0.3, -0.25) is 0 Å². The van der Waals surface area contributed by atoms with E-state index in [4.69, 9.17) is 0 Å². The lowest BCUT2D eigenvalue weighted by molar-refractivity contribution is 0.641. The molecule has 100 valence electrons. The number of nitrogens with zero attached hydrogens (tertiary/aromatic N) is 3. The van der Waals surface area contributed by atoms with Crippen molar-refractivity contribution in [2.45, 2.75) is 18.1 Å². The lowest BCUT2D eigenvalue weighted by Gasteiger charge is -2.08. The summed E-state index contributed by atoms with van der Waals surface area (Å²) in [5.41, 5.74) is 2.36. The van der Waals surface area contributed by atoms with E-state index in [1.807, 2.05) is 41.0 Å². The monoisotopic (exact) mass is 281 g/mol. The van der Waals surface area contributed by atoms with Crippen LogP contribution in [0.25, 0.3) is 11.4 Å². The van der Waals surface area contributed by atoms with Crippen molar-refractivity contribution in [1.29, 1.82) is 0 Å². The van der Waals surface area contributed by atoms with Crippen LogP contribution >= 0.6 is 12.6 Å². The molecule has 0 fully saturated rings. The minimum atomic E-state index is 0.653. The fourth-order valence-corrected chi connectivity index (χ4v) is 2.43. The third-order valence-corrected chi connectivity index (χ3v) is 3.56. The van der Waals surface area contributed by atoms with Crippen molar-refractivity contribution in [2.24, 2.45) is 0 Å². The van der Waals surface area contributed by atoms with Gasteiger partial charge in [-0.25, -0.2) is 0 Å². The van der Waals surface area contributed by atoms with Crippen LogP contribution in [0, 0.1) is 0 Å². The first-order valence-electron chi connectivity index (χ1n) is 6.56. The molecule has 4 heteroatoms. The molecule has 0 amide bonds. The van der Waals surface area contributed by atoms with E-state index >= 15 is 0 Å². The number of aryl methyl sites for hydroxylation is 1. The van der Waals surface area contributed by atoms with E-state index in [-0.39, 0.29) is 0 Å². The Bertz CT molecular complexity index is 677. The average Bonchev–Trinajstić information content (AvgIpc) is 2.88. The van der Waals surface area contributed by atoms with E-state index in [1.54, 1.807) is 0 Å². The van der Waals surface area contributed by atoms with Crippen molar-refractivity contribution in [3.8, 4) is 11.4 Å². The number of benzene rings is 2. The van der Waals surface area contributed by atoms with Crippen LogP contribution in [0.2, 0.25) is 0 Å². The van der Waals surface area contributed by atoms with Crippen LogP contribution in [0.3, 0.4) is 0 Å². The summed E-state index contributed by atoms with van der Waals surface area (Å²) in [6.45, 7) is 0.820. The van der Waals surface area contributed by atoms with Gasteiger partial charge in [-0.1, -0.05) is 60.7 Å². The number of hydrogen-bond donors (Lipinski definition) is 1. The van der Waals surface area contributed by atoms with E-state index in [0.29, 0.717) is 5.16 Å². The van der Waals surface area contributed by atoms with Gasteiger partial charge in [-0.15, -0.1) is 22.8 Å². The van der Waals surface area contributed by atoms with E-state index in [0.717, 1.165) is 24.4 Å². The molecular formula is C16H15N3S. The third-order valence-electron chi connectivity index (χ3n) is 3.23. The highest BCUT2D eigenvalue weighted by Gasteiger charge is 2.10. The number of thiol groups is 1. The van der Waals surface area contributed by atoms with Crippen LogP contribution < -0.4 is 0 Å². The average molecular weight is 281 g/mol. The van der Waals surface area contributed by atoms with Crippen molar-refractivity contribution >= 4 is 12.6 Å². The highest BCUT2D eigenvalue weighted by Crippen LogP contribution is 2.20. The summed E-state index contributed by atoms with van der Waals surface area (Å²) in [7, 11) is 0. The van der Waals surface area contributed by atoms with Crippen molar-refractivity contribution in [3.05, 3.63) is 66.2 Å². The molecule has 3 rings (SSSR count). The zero-order chi connectivity index (χ0) is 13.8. The summed E-state index contributed by atoms with van der Waals surface area (Å²) in [6, 6.07) is 20.5. The Morgan fingerprint density at radius 1 is 0.850 bits per heavy atom. The first kappa shape index (κ1) is 12.9. The molecule has 3 nitrogen and oxygen atoms in total. The summed E-state index contributed by atoms with van der Waals surface area (Å²) in [4.78, 5) is 0. The second kappa shape index (κ2) is 5.92. The summed E-state index contributed by atoms with van der Waals surface area (Å²) in [6.07, 6.45) is 0.937. The molecule has 0 atom stereocenters. The van der Waals surface area contributed by atoms with Crippen molar-refractivity contribution in [1.82, 2.24) is 14.8 Å². The van der Waals surface area contributed by atoms with Crippen LogP contribution in [0.15, 0.2) is 65.8 Å². The fourth-order valence-electron chi connectivity index (χ4n) is 2.19. The maximum absolute atomic E-state index is 4.40. The Morgan fingerprint density at radius 2 is 1.50 bits per heavy atom. The second-order valence-electron chi connectivity index (χ2n) is 4.58. The summed E-state index contributed by atoms with van der Waals surface area (Å²) in [5.74, 6) is 0.867. The predicted molar refractivity (Wildman–Crippen MR) is 82.9 cm³/mol. The molecule has 0 radical (unpaired) electrons. The predicted octanol–water partition coefficient (Wildman–Crippen LogP) is 3.48. The van der Waals surface area contributed by atoms with E-state index < -0.39 is 0 Å². The SMILES string of the molecule is Sc1nnc(-c2ccccc2)n1CCc1ccccc1. The molecular weight excluding hydrogens is 266 g/mol. The zero-order valence-electron chi connectivity index (χ0n) is 11.0. The van der Waals surface area contributed by atoms with E-state index in [1.165, 1.54) is 5.56 Å². The Balaban J connectivity index is 1.85. The molecule has 0 aliphatic rings. The van der Waals surface area contributed by atoms with E-state index in [9.17, 15) is 0 Å². The number of aromatic nitrogens is 3. The van der Waals surface area contributed by atoms with Crippen molar-refractivity contribution < 1.29 is 0 Å². The van der Waals surface area contributed by atoms with Crippen LogP contribution in [0.5, 0.6) is 0 Å². The molecule has 0 unspecified atom stereocenters. The second-order valence-corrected chi connectivity index (χ2v) is 4.98. The van der Waals surface area contributed by atoms with Gasteiger partial charge in [-0.05, 0) is 12.0 Å². The number of hydrogen-bond acceptors (Lipinski definition) is 3.